The van der Waals surface area contributed by atoms with E-state index in [1.54, 1.807) is 7.11 Å². The first-order valence-electron chi connectivity index (χ1n) is 7.55. The summed E-state index contributed by atoms with van der Waals surface area (Å²) in [5, 5.41) is 0. The number of hydrogen-bond donors (Lipinski definition) is 0. The largest absolute Gasteiger partial charge is 0.497 e. The Morgan fingerprint density at radius 2 is 2.14 bits per heavy atom. The average molecular weight is 293 g/mol. The van der Waals surface area contributed by atoms with Gasteiger partial charge in [-0.15, -0.1) is 0 Å². The summed E-state index contributed by atoms with van der Waals surface area (Å²) in [6.45, 7) is 0. The topological polar surface area (TPSA) is 39.2 Å². The first-order chi connectivity index (χ1) is 10.8. The van der Waals surface area contributed by atoms with Crippen molar-refractivity contribution in [3.05, 3.63) is 65.5 Å². The number of ketones is 1. The first kappa shape index (κ1) is 14.5. The second kappa shape index (κ2) is 6.56. The zero-order chi connectivity index (χ0) is 15.4. The predicted molar refractivity (Wildman–Crippen MR) is 86.8 cm³/mol. The molecule has 1 atom stereocenters. The zero-order valence-electron chi connectivity index (χ0n) is 12.7. The van der Waals surface area contributed by atoms with E-state index in [0.717, 1.165) is 35.4 Å². The molecule has 0 amide bonds. The molecule has 0 N–H and O–H groups in total. The second-order valence-corrected chi connectivity index (χ2v) is 5.56. The van der Waals surface area contributed by atoms with Gasteiger partial charge in [-0.1, -0.05) is 18.2 Å². The zero-order valence-corrected chi connectivity index (χ0v) is 12.7. The van der Waals surface area contributed by atoms with Crippen molar-refractivity contribution in [3.63, 3.8) is 0 Å². The van der Waals surface area contributed by atoms with Gasteiger partial charge in [-0.3, -0.25) is 9.78 Å². The summed E-state index contributed by atoms with van der Waals surface area (Å²) in [6.07, 6.45) is 6.03. The number of carbonyl (C=O) groups excluding carboxylic acids is 1. The van der Waals surface area contributed by atoms with Crippen LogP contribution in [0.5, 0.6) is 5.75 Å². The summed E-state index contributed by atoms with van der Waals surface area (Å²) in [5.74, 6) is 1.38. The minimum absolute atomic E-state index is 0.245. The van der Waals surface area contributed by atoms with E-state index in [-0.39, 0.29) is 5.78 Å². The number of rotatable bonds is 3. The normalized spacial score (nSPS) is 20.1. The van der Waals surface area contributed by atoms with E-state index in [2.05, 4.69) is 4.98 Å². The van der Waals surface area contributed by atoms with Gasteiger partial charge in [-0.05, 0) is 54.3 Å². The Morgan fingerprint density at radius 1 is 1.23 bits per heavy atom. The van der Waals surface area contributed by atoms with Crippen LogP contribution in [-0.4, -0.2) is 17.9 Å². The van der Waals surface area contributed by atoms with E-state index in [4.69, 9.17) is 4.74 Å². The summed E-state index contributed by atoms with van der Waals surface area (Å²) in [4.78, 5) is 16.6. The smallest absolute Gasteiger partial charge is 0.158 e. The van der Waals surface area contributed by atoms with Crippen LogP contribution >= 0.6 is 0 Å². The maximum atomic E-state index is 12.2. The molecule has 1 fully saturated rings. The van der Waals surface area contributed by atoms with E-state index in [1.807, 2.05) is 54.7 Å². The van der Waals surface area contributed by atoms with Crippen molar-refractivity contribution in [3.8, 4) is 5.75 Å². The molecule has 112 valence electrons. The molecule has 0 bridgehead atoms. The van der Waals surface area contributed by atoms with Crippen molar-refractivity contribution in [1.82, 2.24) is 4.98 Å². The van der Waals surface area contributed by atoms with Crippen molar-refractivity contribution in [2.75, 3.05) is 7.11 Å². The Bertz CT molecular complexity index is 692. The van der Waals surface area contributed by atoms with E-state index >= 15 is 0 Å². The molecule has 22 heavy (non-hydrogen) atoms. The maximum Gasteiger partial charge on any atom is 0.158 e. The fourth-order valence-corrected chi connectivity index (χ4v) is 2.89. The Balaban J connectivity index is 1.85. The van der Waals surface area contributed by atoms with Gasteiger partial charge in [0.1, 0.15) is 5.75 Å². The summed E-state index contributed by atoms with van der Waals surface area (Å²) < 4.78 is 5.24. The lowest BCUT2D eigenvalue weighted by molar-refractivity contribution is -0.116. The molecule has 3 heteroatoms. The number of Topliss-reactive ketones (excluding diaryl/α,β-unsaturated/α-hetero) is 1. The van der Waals surface area contributed by atoms with Crippen molar-refractivity contribution in [1.29, 1.82) is 0 Å². The Kier molecular flexibility index (Phi) is 4.33. The lowest BCUT2D eigenvalue weighted by Gasteiger charge is -2.23. The van der Waals surface area contributed by atoms with Crippen LogP contribution in [0.3, 0.4) is 0 Å². The molecule has 0 aliphatic heterocycles. The van der Waals surface area contributed by atoms with Crippen LogP contribution in [0.2, 0.25) is 0 Å². The van der Waals surface area contributed by atoms with Gasteiger partial charge >= 0.3 is 0 Å². The third-order valence-corrected chi connectivity index (χ3v) is 4.09. The molecule has 1 heterocycles. The molecule has 0 saturated heterocycles. The SMILES string of the molecule is COc1cccc(/C=C2/CC(c3ccccn3)CCC2=O)c1. The number of pyridine rings is 1. The van der Waals surface area contributed by atoms with Gasteiger partial charge in [0, 0.05) is 24.2 Å². The molecular formula is C19H19NO2. The molecule has 1 saturated carbocycles. The monoisotopic (exact) mass is 293 g/mol. The summed E-state index contributed by atoms with van der Waals surface area (Å²) in [6, 6.07) is 13.8. The van der Waals surface area contributed by atoms with Crippen LogP contribution in [-0.2, 0) is 4.79 Å². The van der Waals surface area contributed by atoms with E-state index in [0.29, 0.717) is 12.3 Å². The van der Waals surface area contributed by atoms with Crippen molar-refractivity contribution in [2.45, 2.75) is 25.2 Å². The number of hydrogen-bond acceptors (Lipinski definition) is 3. The highest BCUT2D eigenvalue weighted by atomic mass is 16.5. The number of carbonyl (C=O) groups is 1. The Morgan fingerprint density at radius 3 is 2.91 bits per heavy atom. The van der Waals surface area contributed by atoms with Crippen LogP contribution in [0.4, 0.5) is 0 Å². The maximum absolute atomic E-state index is 12.2. The predicted octanol–water partition coefficient (Wildman–Crippen LogP) is 4.01. The summed E-state index contributed by atoms with van der Waals surface area (Å²) in [5.41, 5.74) is 2.96. The number of ether oxygens (including phenoxy) is 1. The van der Waals surface area contributed by atoms with Gasteiger partial charge in [0.25, 0.3) is 0 Å². The fourth-order valence-electron chi connectivity index (χ4n) is 2.89. The minimum atomic E-state index is 0.245. The molecule has 3 nitrogen and oxygen atoms in total. The van der Waals surface area contributed by atoms with Gasteiger partial charge in [0.05, 0.1) is 7.11 Å². The number of aromatic nitrogens is 1. The molecule has 3 rings (SSSR count). The second-order valence-electron chi connectivity index (χ2n) is 5.56. The quantitative estimate of drug-likeness (QED) is 0.803. The van der Waals surface area contributed by atoms with Crippen molar-refractivity contribution >= 4 is 11.9 Å². The van der Waals surface area contributed by atoms with Crippen LogP contribution in [0.15, 0.2) is 54.2 Å². The fraction of sp³-hybridized carbons (Fsp3) is 0.263. The lowest BCUT2D eigenvalue weighted by Crippen LogP contribution is -2.16. The van der Waals surface area contributed by atoms with Gasteiger partial charge in [-0.25, -0.2) is 0 Å². The highest BCUT2D eigenvalue weighted by Crippen LogP contribution is 2.34. The molecule has 1 aliphatic carbocycles. The highest BCUT2D eigenvalue weighted by molar-refractivity contribution is 6.00. The van der Waals surface area contributed by atoms with E-state index in [9.17, 15) is 4.79 Å². The van der Waals surface area contributed by atoms with Crippen molar-refractivity contribution in [2.24, 2.45) is 0 Å². The van der Waals surface area contributed by atoms with Crippen LogP contribution < -0.4 is 4.74 Å². The van der Waals surface area contributed by atoms with Gasteiger partial charge in [0.15, 0.2) is 5.78 Å². The third kappa shape index (κ3) is 3.25. The standard InChI is InChI=1S/C19H19NO2/c1-22-17-6-4-5-14(12-17)11-16-13-15(8-9-19(16)21)18-7-2-3-10-20-18/h2-7,10-12,15H,8-9,13H2,1H3/b16-11-. The first-order valence-corrected chi connectivity index (χ1v) is 7.55. The molecule has 1 unspecified atom stereocenters. The summed E-state index contributed by atoms with van der Waals surface area (Å²) >= 11 is 0. The molecule has 1 aromatic heterocycles. The summed E-state index contributed by atoms with van der Waals surface area (Å²) in [7, 11) is 1.65. The molecule has 1 aromatic carbocycles. The number of methoxy groups -OCH3 is 1. The van der Waals surface area contributed by atoms with Crippen LogP contribution in [0.25, 0.3) is 6.08 Å². The van der Waals surface area contributed by atoms with E-state index in [1.165, 1.54) is 0 Å². The van der Waals surface area contributed by atoms with Gasteiger partial charge in [-0.2, -0.15) is 0 Å². The number of benzene rings is 1. The van der Waals surface area contributed by atoms with Gasteiger partial charge < -0.3 is 4.74 Å². The number of nitrogens with zero attached hydrogens (tertiary/aromatic N) is 1. The third-order valence-electron chi connectivity index (χ3n) is 4.09. The van der Waals surface area contributed by atoms with Crippen LogP contribution in [0.1, 0.15) is 36.4 Å². The lowest BCUT2D eigenvalue weighted by atomic mass is 9.82. The van der Waals surface area contributed by atoms with Crippen LogP contribution in [0, 0.1) is 0 Å². The Hall–Kier alpha value is -2.42. The van der Waals surface area contributed by atoms with E-state index < -0.39 is 0 Å². The molecule has 2 aromatic rings. The molecule has 0 radical (unpaired) electrons. The number of allylic oxidation sites excluding steroid dienone is 1. The molecular weight excluding hydrogens is 274 g/mol. The molecule has 0 spiro atoms. The molecule has 1 aliphatic rings. The average Bonchev–Trinajstić information content (AvgIpc) is 2.58. The minimum Gasteiger partial charge on any atom is -0.497 e. The van der Waals surface area contributed by atoms with Crippen molar-refractivity contribution < 1.29 is 9.53 Å². The highest BCUT2D eigenvalue weighted by Gasteiger charge is 2.25. The van der Waals surface area contributed by atoms with Gasteiger partial charge in [0.2, 0.25) is 0 Å². The Labute approximate surface area is 130 Å².